The number of aromatic nitrogens is 3. The third-order valence-corrected chi connectivity index (χ3v) is 5.19. The molecule has 0 spiro atoms. The van der Waals surface area contributed by atoms with Gasteiger partial charge in [0.05, 0.1) is 5.69 Å². The topological polar surface area (TPSA) is 70.0 Å². The largest absolute Gasteiger partial charge is 0.361 e. The molecule has 0 saturated carbocycles. The zero-order valence-electron chi connectivity index (χ0n) is 17.2. The van der Waals surface area contributed by atoms with E-state index in [9.17, 15) is 4.39 Å². The minimum Gasteiger partial charge on any atom is -0.361 e. The van der Waals surface area contributed by atoms with Gasteiger partial charge in [-0.2, -0.15) is 5.10 Å². The molecule has 0 saturated heterocycles. The second-order valence-corrected chi connectivity index (χ2v) is 7.28. The number of nitrogens with one attached hydrogen (secondary N) is 3. The van der Waals surface area contributed by atoms with Gasteiger partial charge in [-0.1, -0.05) is 0 Å². The third kappa shape index (κ3) is 4.35. The van der Waals surface area contributed by atoms with Gasteiger partial charge in [-0.25, -0.2) is 4.39 Å². The molecule has 3 aromatic rings. The number of halogens is 1. The standard InChI is InChI=1S/C21H29FN6/c1-13(10-19-14(2)27-28(5)15(19)3)26-21(23-4)24-9-8-16-12-25-20-11-17(22)6-7-18(16)20/h6-7,11-13,25H,8-10H2,1-5H3,(H2,23,24,26). The molecule has 2 aromatic heterocycles. The quantitative estimate of drug-likeness (QED) is 0.452. The summed E-state index contributed by atoms with van der Waals surface area (Å²) in [5, 5.41) is 12.4. The number of hydrogen-bond acceptors (Lipinski definition) is 2. The highest BCUT2D eigenvalue weighted by Crippen LogP contribution is 2.19. The Kier molecular flexibility index (Phi) is 6.02. The number of aryl methyl sites for hydroxylation is 2. The Balaban J connectivity index is 1.54. The summed E-state index contributed by atoms with van der Waals surface area (Å²) in [7, 11) is 3.75. The van der Waals surface area contributed by atoms with Crippen LogP contribution in [-0.4, -0.2) is 40.4 Å². The lowest BCUT2D eigenvalue weighted by molar-refractivity contribution is 0.629. The average Bonchev–Trinajstić information content (AvgIpc) is 3.16. The number of aliphatic imine (C=N–C) groups is 1. The van der Waals surface area contributed by atoms with Crippen molar-refractivity contribution in [2.24, 2.45) is 12.0 Å². The van der Waals surface area contributed by atoms with Crippen molar-refractivity contribution in [1.82, 2.24) is 25.4 Å². The van der Waals surface area contributed by atoms with Gasteiger partial charge in [0.15, 0.2) is 5.96 Å². The number of fused-ring (bicyclic) bond motifs is 1. The highest BCUT2D eigenvalue weighted by molar-refractivity contribution is 5.83. The van der Waals surface area contributed by atoms with Gasteiger partial charge in [-0.15, -0.1) is 0 Å². The summed E-state index contributed by atoms with van der Waals surface area (Å²) in [5.74, 6) is 0.550. The van der Waals surface area contributed by atoms with Gasteiger partial charge in [-0.3, -0.25) is 9.67 Å². The van der Waals surface area contributed by atoms with Gasteiger partial charge in [0.25, 0.3) is 0 Å². The Morgan fingerprint density at radius 1 is 1.36 bits per heavy atom. The smallest absolute Gasteiger partial charge is 0.191 e. The Bertz CT molecular complexity index is 984. The van der Waals surface area contributed by atoms with Gasteiger partial charge >= 0.3 is 0 Å². The Morgan fingerprint density at radius 2 is 2.14 bits per heavy atom. The maximum Gasteiger partial charge on any atom is 0.191 e. The predicted molar refractivity (Wildman–Crippen MR) is 112 cm³/mol. The van der Waals surface area contributed by atoms with Crippen LogP contribution >= 0.6 is 0 Å². The molecule has 3 N–H and O–H groups in total. The van der Waals surface area contributed by atoms with E-state index in [1.54, 1.807) is 7.05 Å². The van der Waals surface area contributed by atoms with Gasteiger partial charge < -0.3 is 15.6 Å². The number of aromatic amines is 1. The van der Waals surface area contributed by atoms with Gasteiger partial charge in [0.2, 0.25) is 0 Å². The van der Waals surface area contributed by atoms with Crippen molar-refractivity contribution in [3.05, 3.63) is 52.7 Å². The average molecular weight is 385 g/mol. The van der Waals surface area contributed by atoms with Crippen LogP contribution in [0, 0.1) is 19.7 Å². The van der Waals surface area contributed by atoms with E-state index in [-0.39, 0.29) is 11.9 Å². The first kappa shape index (κ1) is 19.9. The monoisotopic (exact) mass is 384 g/mol. The van der Waals surface area contributed by atoms with Crippen LogP contribution in [0.15, 0.2) is 29.4 Å². The van der Waals surface area contributed by atoms with Crippen LogP contribution in [-0.2, 0) is 19.9 Å². The summed E-state index contributed by atoms with van der Waals surface area (Å²) < 4.78 is 15.2. The lowest BCUT2D eigenvalue weighted by atomic mass is 10.1. The third-order valence-electron chi connectivity index (χ3n) is 5.19. The van der Waals surface area contributed by atoms with E-state index in [2.05, 4.69) is 46.5 Å². The second-order valence-electron chi connectivity index (χ2n) is 7.28. The van der Waals surface area contributed by atoms with Crippen LogP contribution < -0.4 is 10.6 Å². The van der Waals surface area contributed by atoms with Crippen molar-refractivity contribution in [3.8, 4) is 0 Å². The van der Waals surface area contributed by atoms with Crippen molar-refractivity contribution in [3.63, 3.8) is 0 Å². The first-order valence-electron chi connectivity index (χ1n) is 9.60. The summed E-state index contributed by atoms with van der Waals surface area (Å²) in [5.41, 5.74) is 5.54. The number of guanidine groups is 1. The van der Waals surface area contributed by atoms with E-state index in [1.807, 2.05) is 24.0 Å². The maximum atomic E-state index is 13.3. The molecule has 0 aliphatic rings. The van der Waals surface area contributed by atoms with E-state index in [0.717, 1.165) is 47.5 Å². The fraction of sp³-hybridized carbons (Fsp3) is 0.429. The molecule has 2 heterocycles. The molecule has 0 bridgehead atoms. The van der Waals surface area contributed by atoms with Crippen molar-refractivity contribution in [2.45, 2.75) is 39.7 Å². The normalized spacial score (nSPS) is 13.1. The molecule has 1 unspecified atom stereocenters. The number of rotatable bonds is 6. The van der Waals surface area contributed by atoms with Crippen LogP contribution in [0.4, 0.5) is 4.39 Å². The zero-order valence-corrected chi connectivity index (χ0v) is 17.2. The number of nitrogens with zero attached hydrogens (tertiary/aromatic N) is 3. The molecular formula is C21H29FN6. The molecule has 7 heteroatoms. The van der Waals surface area contributed by atoms with E-state index in [0.29, 0.717) is 0 Å². The first-order chi connectivity index (χ1) is 13.4. The lowest BCUT2D eigenvalue weighted by Gasteiger charge is -2.18. The molecule has 3 rings (SSSR count). The molecule has 150 valence electrons. The molecule has 1 atom stereocenters. The minimum absolute atomic E-state index is 0.225. The van der Waals surface area contributed by atoms with Crippen LogP contribution in [0.2, 0.25) is 0 Å². The van der Waals surface area contributed by atoms with Crippen LogP contribution in [0.3, 0.4) is 0 Å². The Hall–Kier alpha value is -2.83. The summed E-state index contributed by atoms with van der Waals surface area (Å²) >= 11 is 0. The van der Waals surface area contributed by atoms with Crippen LogP contribution in [0.25, 0.3) is 10.9 Å². The second kappa shape index (κ2) is 8.46. The Labute approximate surface area is 165 Å². The van der Waals surface area contributed by atoms with Crippen molar-refractivity contribution in [1.29, 1.82) is 0 Å². The van der Waals surface area contributed by atoms with Crippen LogP contribution in [0.5, 0.6) is 0 Å². The fourth-order valence-corrected chi connectivity index (χ4v) is 3.58. The van der Waals surface area contributed by atoms with Gasteiger partial charge in [0.1, 0.15) is 5.82 Å². The van der Waals surface area contributed by atoms with Crippen molar-refractivity contribution >= 4 is 16.9 Å². The molecule has 0 aliphatic heterocycles. The highest BCUT2D eigenvalue weighted by Gasteiger charge is 2.14. The van der Waals surface area contributed by atoms with Crippen molar-refractivity contribution < 1.29 is 4.39 Å². The summed E-state index contributed by atoms with van der Waals surface area (Å²) in [6.45, 7) is 7.03. The zero-order chi connectivity index (χ0) is 20.3. The van der Waals surface area contributed by atoms with Crippen LogP contribution in [0.1, 0.15) is 29.4 Å². The summed E-state index contributed by atoms with van der Waals surface area (Å²) in [6, 6.07) is 5.07. The molecular weight excluding hydrogens is 355 g/mol. The molecule has 6 nitrogen and oxygen atoms in total. The summed E-state index contributed by atoms with van der Waals surface area (Å²) in [6.07, 6.45) is 3.65. The molecule has 0 amide bonds. The fourth-order valence-electron chi connectivity index (χ4n) is 3.58. The first-order valence-corrected chi connectivity index (χ1v) is 9.60. The molecule has 0 radical (unpaired) electrons. The predicted octanol–water partition coefficient (Wildman–Crippen LogP) is 3.00. The lowest BCUT2D eigenvalue weighted by Crippen LogP contribution is -2.43. The van der Waals surface area contributed by atoms with E-state index in [4.69, 9.17) is 0 Å². The van der Waals surface area contributed by atoms with Crippen molar-refractivity contribution in [2.75, 3.05) is 13.6 Å². The van der Waals surface area contributed by atoms with E-state index >= 15 is 0 Å². The number of hydrogen-bond donors (Lipinski definition) is 3. The molecule has 1 aromatic carbocycles. The molecule has 28 heavy (non-hydrogen) atoms. The minimum atomic E-state index is -0.225. The molecule has 0 fully saturated rings. The SMILES string of the molecule is CN=C(NCCc1c[nH]c2cc(F)ccc12)NC(C)Cc1c(C)nn(C)c1C. The number of H-pyrrole nitrogens is 1. The molecule has 0 aliphatic carbocycles. The van der Waals surface area contributed by atoms with E-state index in [1.165, 1.54) is 23.4 Å². The Morgan fingerprint density at radius 3 is 2.82 bits per heavy atom. The summed E-state index contributed by atoms with van der Waals surface area (Å²) in [4.78, 5) is 7.46. The maximum absolute atomic E-state index is 13.3. The number of benzene rings is 1. The highest BCUT2D eigenvalue weighted by atomic mass is 19.1. The van der Waals surface area contributed by atoms with E-state index < -0.39 is 0 Å². The van der Waals surface area contributed by atoms with Gasteiger partial charge in [-0.05, 0) is 62.9 Å². The van der Waals surface area contributed by atoms with Gasteiger partial charge in [0, 0.05) is 49.5 Å².